The first-order valence-electron chi connectivity index (χ1n) is 8.85. The Morgan fingerprint density at radius 2 is 2.10 bits per heavy atom. The number of anilines is 1. The fraction of sp³-hybridized carbons (Fsp3) is 0.0455. The van der Waals surface area contributed by atoms with E-state index in [9.17, 15) is 4.39 Å². The van der Waals surface area contributed by atoms with Crippen LogP contribution in [0, 0.1) is 28.4 Å². The van der Waals surface area contributed by atoms with Crippen molar-refractivity contribution in [2.24, 2.45) is 4.99 Å². The molecule has 1 aliphatic heterocycles. The van der Waals surface area contributed by atoms with Crippen LogP contribution in [0.1, 0.15) is 12.5 Å². The summed E-state index contributed by atoms with van der Waals surface area (Å²) < 4.78 is 14.4. The molecule has 0 saturated heterocycles. The molecule has 4 rings (SSSR count). The van der Waals surface area contributed by atoms with Crippen molar-refractivity contribution in [2.45, 2.75) is 6.92 Å². The topological polar surface area (TPSA) is 78.4 Å². The second-order valence-corrected chi connectivity index (χ2v) is 6.21. The van der Waals surface area contributed by atoms with Gasteiger partial charge in [0.2, 0.25) is 0 Å². The molecule has 0 spiro atoms. The summed E-state index contributed by atoms with van der Waals surface area (Å²) in [5, 5.41) is 13.6. The van der Waals surface area contributed by atoms with Crippen molar-refractivity contribution in [1.29, 1.82) is 5.41 Å². The van der Waals surface area contributed by atoms with Gasteiger partial charge in [0.15, 0.2) is 5.82 Å². The lowest BCUT2D eigenvalue weighted by Crippen LogP contribution is -2.21. The van der Waals surface area contributed by atoms with E-state index in [0.717, 1.165) is 0 Å². The zero-order valence-corrected chi connectivity index (χ0v) is 15.5. The number of amidine groups is 1. The van der Waals surface area contributed by atoms with E-state index in [0.29, 0.717) is 43.8 Å². The number of pyridine rings is 2. The molecule has 7 heteroatoms. The predicted octanol–water partition coefficient (Wildman–Crippen LogP) is 3.17. The number of hydrogen-bond donors (Lipinski definition) is 2. The fourth-order valence-corrected chi connectivity index (χ4v) is 3.24. The normalized spacial score (nSPS) is 13.8. The lowest BCUT2D eigenvalue weighted by Gasteiger charge is -2.09. The summed E-state index contributed by atoms with van der Waals surface area (Å²) in [6, 6.07) is 9.88. The summed E-state index contributed by atoms with van der Waals surface area (Å²) in [5.41, 5.74) is 1.36. The molecule has 0 unspecified atom stereocenters. The standard InChI is InChI=1S/C22H16FN6/c1-3-13-14(21(24)25-2)8-9-26-19(13)16-12-18(15-6-4-5-7-17(15)23)29-22-20(16)27-10-11-28-22/h2-12,24H,1H3,(H,28,29)/q+1. The molecule has 2 N–H and O–H groups in total. The molecule has 3 aromatic rings. The van der Waals surface area contributed by atoms with Gasteiger partial charge in [-0.2, -0.15) is 4.85 Å². The Morgan fingerprint density at radius 3 is 2.86 bits per heavy atom. The maximum absolute atomic E-state index is 14.4. The first-order valence-corrected chi connectivity index (χ1v) is 8.85. The maximum atomic E-state index is 14.4. The average Bonchev–Trinajstić information content (AvgIpc) is 2.77. The van der Waals surface area contributed by atoms with E-state index in [2.05, 4.69) is 25.1 Å². The zero-order chi connectivity index (χ0) is 20.4. The number of fused-ring (bicyclic) bond motifs is 1. The Kier molecular flexibility index (Phi) is 4.67. The highest BCUT2D eigenvalue weighted by Crippen LogP contribution is 2.21. The van der Waals surface area contributed by atoms with E-state index in [-0.39, 0.29) is 11.7 Å². The molecule has 140 valence electrons. The molecule has 2 aromatic heterocycles. The fourth-order valence-electron chi connectivity index (χ4n) is 3.24. The van der Waals surface area contributed by atoms with Crippen LogP contribution in [0.25, 0.3) is 22.2 Å². The molecule has 0 atom stereocenters. The zero-order valence-electron chi connectivity index (χ0n) is 15.5. The van der Waals surface area contributed by atoms with Crippen molar-refractivity contribution in [1.82, 2.24) is 9.97 Å². The summed E-state index contributed by atoms with van der Waals surface area (Å²) in [5.74, 6) is 0.0620. The number of nitrogens with one attached hydrogen (secondary N) is 2. The van der Waals surface area contributed by atoms with Gasteiger partial charge in [0, 0.05) is 34.6 Å². The SMILES string of the molecule is C#[N+]C(=N)c1ccnc(=c2cc(-c3ccccc3F)nc3c2=NC=CN3)c1=CC. The number of benzene rings is 1. The third-order valence-electron chi connectivity index (χ3n) is 4.56. The maximum Gasteiger partial charge on any atom is 0.425 e. The highest BCUT2D eigenvalue weighted by Gasteiger charge is 2.14. The minimum Gasteiger partial charge on any atom is -0.343 e. The third-order valence-corrected chi connectivity index (χ3v) is 4.56. The molecule has 0 amide bonds. The quantitative estimate of drug-likeness (QED) is 0.527. The van der Waals surface area contributed by atoms with Crippen LogP contribution >= 0.6 is 0 Å². The van der Waals surface area contributed by atoms with Crippen LogP contribution < -0.4 is 15.9 Å². The highest BCUT2D eigenvalue weighted by atomic mass is 19.1. The van der Waals surface area contributed by atoms with Crippen molar-refractivity contribution < 1.29 is 4.39 Å². The number of halogens is 1. The van der Waals surface area contributed by atoms with Gasteiger partial charge < -0.3 is 5.32 Å². The van der Waals surface area contributed by atoms with Crippen LogP contribution in [0.4, 0.5) is 10.2 Å². The van der Waals surface area contributed by atoms with E-state index < -0.39 is 0 Å². The molecule has 29 heavy (non-hydrogen) atoms. The summed E-state index contributed by atoms with van der Waals surface area (Å²) >= 11 is 0. The molecule has 1 aliphatic rings. The first kappa shape index (κ1) is 18.2. The summed E-state index contributed by atoms with van der Waals surface area (Å²) in [6.45, 7) is 7.16. The Hall–Kier alpha value is -4.18. The molecular weight excluding hydrogens is 367 g/mol. The molecule has 0 bridgehead atoms. The summed E-state index contributed by atoms with van der Waals surface area (Å²) in [4.78, 5) is 17.0. The Balaban J connectivity index is 2.24. The van der Waals surface area contributed by atoms with Crippen molar-refractivity contribution in [3.63, 3.8) is 0 Å². The van der Waals surface area contributed by atoms with E-state index >= 15 is 0 Å². The van der Waals surface area contributed by atoms with Crippen LogP contribution in [0.3, 0.4) is 0 Å². The smallest absolute Gasteiger partial charge is 0.343 e. The van der Waals surface area contributed by atoms with E-state index in [4.69, 9.17) is 12.0 Å². The minimum absolute atomic E-state index is 0.0611. The second-order valence-electron chi connectivity index (χ2n) is 6.21. The number of hydrogen-bond acceptors (Lipinski definition) is 5. The molecule has 0 fully saturated rings. The van der Waals surface area contributed by atoms with Crippen LogP contribution in [0.15, 0.2) is 60.0 Å². The van der Waals surface area contributed by atoms with E-state index in [1.54, 1.807) is 48.9 Å². The van der Waals surface area contributed by atoms with Crippen LogP contribution in [0.5, 0.6) is 0 Å². The number of rotatable bonds is 2. The summed E-state index contributed by atoms with van der Waals surface area (Å²) in [7, 11) is 0. The van der Waals surface area contributed by atoms with E-state index in [1.807, 2.05) is 13.0 Å². The number of nitrogens with zero attached hydrogens (tertiary/aromatic N) is 4. The van der Waals surface area contributed by atoms with Gasteiger partial charge in [0.1, 0.15) is 17.7 Å². The second kappa shape index (κ2) is 7.44. The Morgan fingerprint density at radius 1 is 1.28 bits per heavy atom. The van der Waals surface area contributed by atoms with Crippen molar-refractivity contribution in [3.05, 3.63) is 92.4 Å². The Labute approximate surface area is 165 Å². The van der Waals surface area contributed by atoms with Crippen molar-refractivity contribution in [2.75, 3.05) is 5.32 Å². The van der Waals surface area contributed by atoms with Gasteiger partial charge in [0.25, 0.3) is 0 Å². The van der Waals surface area contributed by atoms with Gasteiger partial charge in [-0.3, -0.25) is 9.98 Å². The molecule has 1 aromatic carbocycles. The third kappa shape index (κ3) is 3.17. The Bertz CT molecular complexity index is 1430. The van der Waals surface area contributed by atoms with Gasteiger partial charge in [-0.05, 0) is 31.2 Å². The summed E-state index contributed by atoms with van der Waals surface area (Å²) in [6.07, 6.45) is 6.69. The number of aromatic nitrogens is 2. The van der Waals surface area contributed by atoms with Gasteiger partial charge in [-0.1, -0.05) is 23.6 Å². The largest absolute Gasteiger partial charge is 0.425 e. The molecule has 3 heterocycles. The molecular formula is C22H16FN6+. The lowest BCUT2D eigenvalue weighted by molar-refractivity contribution is 0.630. The molecule has 0 aliphatic carbocycles. The molecule has 6 nitrogen and oxygen atoms in total. The van der Waals surface area contributed by atoms with E-state index in [1.165, 1.54) is 6.07 Å². The van der Waals surface area contributed by atoms with Gasteiger partial charge in [-0.15, -0.1) is 0 Å². The lowest BCUT2D eigenvalue weighted by atomic mass is 10.1. The monoisotopic (exact) mass is 383 g/mol. The van der Waals surface area contributed by atoms with Gasteiger partial charge in [0.05, 0.1) is 16.6 Å². The first-order chi connectivity index (χ1) is 14.1. The van der Waals surface area contributed by atoms with Crippen LogP contribution in [-0.4, -0.2) is 15.8 Å². The predicted molar refractivity (Wildman–Crippen MR) is 110 cm³/mol. The van der Waals surface area contributed by atoms with Crippen LogP contribution in [-0.2, 0) is 0 Å². The van der Waals surface area contributed by atoms with Crippen molar-refractivity contribution in [3.8, 4) is 17.8 Å². The van der Waals surface area contributed by atoms with Crippen molar-refractivity contribution >= 4 is 17.7 Å². The molecule has 0 saturated carbocycles. The minimum atomic E-state index is -0.373. The van der Waals surface area contributed by atoms with Gasteiger partial charge in [-0.25, -0.2) is 9.37 Å². The molecule has 0 radical (unpaired) electrons. The highest BCUT2D eigenvalue weighted by molar-refractivity contribution is 6.04. The van der Waals surface area contributed by atoms with Gasteiger partial charge >= 0.3 is 5.84 Å². The van der Waals surface area contributed by atoms with Crippen LogP contribution in [0.2, 0.25) is 0 Å². The average molecular weight is 383 g/mol.